The topological polar surface area (TPSA) is 82.8 Å². The molecule has 0 aliphatic heterocycles. The molecule has 6 heteroatoms. The highest BCUT2D eigenvalue weighted by Gasteiger charge is 2.04. The first-order valence-electron chi connectivity index (χ1n) is 4.23. The van der Waals surface area contributed by atoms with Crippen LogP contribution in [0.15, 0.2) is 30.9 Å². The lowest BCUT2D eigenvalue weighted by Crippen LogP contribution is -2.10. The Hall–Kier alpha value is -1.95. The fourth-order valence-corrected chi connectivity index (χ4v) is 1.38. The molecule has 15 heavy (non-hydrogen) atoms. The summed E-state index contributed by atoms with van der Waals surface area (Å²) >= 11 is 4.85. The van der Waals surface area contributed by atoms with Gasteiger partial charge < -0.3 is 11.5 Å². The standard InChI is InChI=1S/C9H9N5S/c10-7-3-6(9(11)15)1-2-8(7)14-5-12-4-13-14/h1-5H,10H2,(H2,11,15). The highest BCUT2D eigenvalue weighted by molar-refractivity contribution is 7.80. The van der Waals surface area contributed by atoms with Gasteiger partial charge in [-0.1, -0.05) is 12.2 Å². The van der Waals surface area contributed by atoms with E-state index in [0.717, 1.165) is 11.3 Å². The van der Waals surface area contributed by atoms with Crippen molar-refractivity contribution in [2.45, 2.75) is 0 Å². The maximum absolute atomic E-state index is 5.85. The van der Waals surface area contributed by atoms with Gasteiger partial charge in [-0.25, -0.2) is 9.67 Å². The molecule has 5 nitrogen and oxygen atoms in total. The number of nitrogens with zero attached hydrogens (tertiary/aromatic N) is 3. The van der Waals surface area contributed by atoms with E-state index in [0.29, 0.717) is 10.7 Å². The molecule has 0 saturated heterocycles. The van der Waals surface area contributed by atoms with Crippen LogP contribution in [-0.2, 0) is 0 Å². The van der Waals surface area contributed by atoms with Crippen LogP contribution in [0.1, 0.15) is 5.56 Å². The Morgan fingerprint density at radius 3 is 2.73 bits per heavy atom. The molecule has 2 rings (SSSR count). The molecule has 0 aliphatic rings. The Morgan fingerprint density at radius 2 is 2.20 bits per heavy atom. The molecule has 1 heterocycles. The minimum absolute atomic E-state index is 0.326. The van der Waals surface area contributed by atoms with Crippen LogP contribution >= 0.6 is 12.2 Å². The van der Waals surface area contributed by atoms with Crippen molar-refractivity contribution in [3.63, 3.8) is 0 Å². The molecule has 76 valence electrons. The van der Waals surface area contributed by atoms with Crippen molar-refractivity contribution in [3.05, 3.63) is 36.4 Å². The zero-order valence-corrected chi connectivity index (χ0v) is 8.61. The fourth-order valence-electron chi connectivity index (χ4n) is 1.25. The minimum atomic E-state index is 0.326. The van der Waals surface area contributed by atoms with E-state index in [1.807, 2.05) is 0 Å². The van der Waals surface area contributed by atoms with Crippen LogP contribution in [0.4, 0.5) is 5.69 Å². The average molecular weight is 219 g/mol. The Labute approximate surface area is 91.7 Å². The summed E-state index contributed by atoms with van der Waals surface area (Å²) in [5, 5.41) is 3.98. The molecule has 0 unspecified atom stereocenters. The summed E-state index contributed by atoms with van der Waals surface area (Å²) in [6.07, 6.45) is 3.02. The van der Waals surface area contributed by atoms with Crippen LogP contribution < -0.4 is 11.5 Å². The Bertz CT molecular complexity index is 491. The van der Waals surface area contributed by atoms with Gasteiger partial charge in [0, 0.05) is 5.56 Å². The molecule has 0 saturated carbocycles. The number of nitrogens with two attached hydrogens (primary N) is 2. The first kappa shape index (κ1) is 9.60. The van der Waals surface area contributed by atoms with Gasteiger partial charge in [0.25, 0.3) is 0 Å². The SMILES string of the molecule is NC(=S)c1ccc(-n2cncn2)c(N)c1. The average Bonchev–Trinajstić information content (AvgIpc) is 2.70. The van der Waals surface area contributed by atoms with Gasteiger partial charge in [-0.2, -0.15) is 5.10 Å². The van der Waals surface area contributed by atoms with Gasteiger partial charge >= 0.3 is 0 Å². The molecule has 0 aliphatic carbocycles. The number of thiocarbonyl (C=S) groups is 1. The highest BCUT2D eigenvalue weighted by atomic mass is 32.1. The van der Waals surface area contributed by atoms with Crippen molar-refractivity contribution < 1.29 is 0 Å². The summed E-state index contributed by atoms with van der Waals surface area (Å²) in [7, 11) is 0. The van der Waals surface area contributed by atoms with E-state index in [2.05, 4.69) is 10.1 Å². The van der Waals surface area contributed by atoms with E-state index in [4.69, 9.17) is 23.7 Å². The van der Waals surface area contributed by atoms with E-state index < -0.39 is 0 Å². The summed E-state index contributed by atoms with van der Waals surface area (Å²) in [6, 6.07) is 5.33. The smallest absolute Gasteiger partial charge is 0.138 e. The summed E-state index contributed by atoms with van der Waals surface area (Å²) < 4.78 is 1.58. The van der Waals surface area contributed by atoms with Crippen molar-refractivity contribution in [1.82, 2.24) is 14.8 Å². The van der Waals surface area contributed by atoms with Gasteiger partial charge in [0.15, 0.2) is 0 Å². The molecule has 2 aromatic rings. The Morgan fingerprint density at radius 1 is 1.40 bits per heavy atom. The first-order chi connectivity index (χ1) is 7.18. The summed E-state index contributed by atoms with van der Waals surface area (Å²) in [5.41, 5.74) is 13.4. The highest BCUT2D eigenvalue weighted by Crippen LogP contribution is 2.17. The van der Waals surface area contributed by atoms with E-state index in [1.165, 1.54) is 6.33 Å². The summed E-state index contributed by atoms with van der Waals surface area (Å²) in [4.78, 5) is 4.17. The molecule has 1 aromatic heterocycles. The third kappa shape index (κ3) is 1.79. The molecule has 0 atom stereocenters. The molecule has 1 aromatic carbocycles. The van der Waals surface area contributed by atoms with E-state index in [9.17, 15) is 0 Å². The second-order valence-electron chi connectivity index (χ2n) is 2.98. The maximum atomic E-state index is 5.85. The van der Waals surface area contributed by atoms with Gasteiger partial charge in [-0.3, -0.25) is 0 Å². The number of aromatic nitrogens is 3. The van der Waals surface area contributed by atoms with Crippen LogP contribution in [0.2, 0.25) is 0 Å². The van der Waals surface area contributed by atoms with Crippen molar-refractivity contribution in [2.75, 3.05) is 5.73 Å². The predicted octanol–water partition coefficient (Wildman–Crippen LogP) is 0.484. The van der Waals surface area contributed by atoms with Gasteiger partial charge in [0.2, 0.25) is 0 Å². The largest absolute Gasteiger partial charge is 0.397 e. The van der Waals surface area contributed by atoms with Crippen LogP contribution in [-0.4, -0.2) is 19.8 Å². The summed E-state index contributed by atoms with van der Waals surface area (Å²) in [6.45, 7) is 0. The lowest BCUT2D eigenvalue weighted by Gasteiger charge is -2.06. The van der Waals surface area contributed by atoms with E-state index in [-0.39, 0.29) is 0 Å². The molecule has 4 N–H and O–H groups in total. The van der Waals surface area contributed by atoms with Gasteiger partial charge in [0.1, 0.15) is 17.6 Å². The second-order valence-corrected chi connectivity index (χ2v) is 3.42. The van der Waals surface area contributed by atoms with Crippen molar-refractivity contribution in [1.29, 1.82) is 0 Å². The van der Waals surface area contributed by atoms with Crippen LogP contribution in [0.3, 0.4) is 0 Å². The van der Waals surface area contributed by atoms with Crippen LogP contribution in [0, 0.1) is 0 Å². The maximum Gasteiger partial charge on any atom is 0.138 e. The number of benzene rings is 1. The zero-order chi connectivity index (χ0) is 10.8. The quantitative estimate of drug-likeness (QED) is 0.567. The fraction of sp³-hybridized carbons (Fsp3) is 0. The number of hydrogen-bond acceptors (Lipinski definition) is 4. The molecular weight excluding hydrogens is 210 g/mol. The Balaban J connectivity index is 2.48. The monoisotopic (exact) mass is 219 g/mol. The normalized spacial score (nSPS) is 10.1. The summed E-state index contributed by atoms with van der Waals surface area (Å²) in [5.74, 6) is 0. The number of rotatable bonds is 2. The van der Waals surface area contributed by atoms with E-state index in [1.54, 1.807) is 29.2 Å². The van der Waals surface area contributed by atoms with Gasteiger partial charge in [0.05, 0.1) is 11.4 Å². The number of anilines is 1. The molecule has 0 amide bonds. The third-order valence-electron chi connectivity index (χ3n) is 1.98. The van der Waals surface area contributed by atoms with Gasteiger partial charge in [-0.15, -0.1) is 0 Å². The minimum Gasteiger partial charge on any atom is -0.397 e. The molecular formula is C9H9N5S. The van der Waals surface area contributed by atoms with E-state index >= 15 is 0 Å². The molecule has 0 bridgehead atoms. The predicted molar refractivity (Wildman–Crippen MR) is 61.7 cm³/mol. The third-order valence-corrected chi connectivity index (χ3v) is 2.21. The Kier molecular flexibility index (Phi) is 2.34. The lowest BCUT2D eigenvalue weighted by atomic mass is 10.2. The van der Waals surface area contributed by atoms with Gasteiger partial charge in [-0.05, 0) is 18.2 Å². The van der Waals surface area contributed by atoms with Crippen LogP contribution in [0.25, 0.3) is 5.69 Å². The van der Waals surface area contributed by atoms with Crippen molar-refractivity contribution in [2.24, 2.45) is 5.73 Å². The zero-order valence-electron chi connectivity index (χ0n) is 7.79. The van der Waals surface area contributed by atoms with Crippen molar-refractivity contribution in [3.8, 4) is 5.69 Å². The lowest BCUT2D eigenvalue weighted by molar-refractivity contribution is 0.881. The number of hydrogen-bond donors (Lipinski definition) is 2. The molecule has 0 spiro atoms. The molecule has 0 radical (unpaired) electrons. The first-order valence-corrected chi connectivity index (χ1v) is 4.63. The molecule has 0 fully saturated rings. The second kappa shape index (κ2) is 3.66. The number of nitrogen functional groups attached to an aromatic ring is 1. The van der Waals surface area contributed by atoms with Crippen molar-refractivity contribution >= 4 is 22.9 Å². The van der Waals surface area contributed by atoms with Crippen LogP contribution in [0.5, 0.6) is 0 Å².